The highest BCUT2D eigenvalue weighted by molar-refractivity contribution is 7.93. The Hall–Kier alpha value is -2.71. The lowest BCUT2D eigenvalue weighted by molar-refractivity contribution is -0.116. The number of rotatable bonds is 7. The van der Waals surface area contributed by atoms with Gasteiger partial charge in [0.05, 0.1) is 10.6 Å². The van der Waals surface area contributed by atoms with Crippen molar-refractivity contribution in [3.63, 3.8) is 0 Å². The largest absolute Gasteiger partial charge is 0.326 e. The Morgan fingerprint density at radius 3 is 2.45 bits per heavy atom. The number of carbonyl (C=O) groups excluding carboxylic acids is 1. The standard InChI is InChI=1S/C21H23N3O3S2/c1-14-5-9-18(10-6-14)29(26,27)24-21-22-17(13-28-21)8-11-20(25)23-19-12-15(2)4-7-16(19)3/h4-7,9-10,12-13H,8,11H2,1-3H3,(H,22,24)(H,23,25). The van der Waals surface area contributed by atoms with Gasteiger partial charge in [0.1, 0.15) is 0 Å². The highest BCUT2D eigenvalue weighted by atomic mass is 32.2. The zero-order valence-corrected chi connectivity index (χ0v) is 18.2. The van der Waals surface area contributed by atoms with Crippen molar-refractivity contribution in [3.05, 3.63) is 70.2 Å². The number of hydrogen-bond donors (Lipinski definition) is 2. The van der Waals surface area contributed by atoms with E-state index in [0.717, 1.165) is 22.4 Å². The molecular weight excluding hydrogens is 406 g/mol. The number of aromatic nitrogens is 1. The number of sulfonamides is 1. The van der Waals surface area contributed by atoms with E-state index in [-0.39, 0.29) is 22.4 Å². The average Bonchev–Trinajstić information content (AvgIpc) is 3.10. The predicted octanol–water partition coefficient (Wildman–Crippen LogP) is 4.44. The Morgan fingerprint density at radius 2 is 1.72 bits per heavy atom. The summed E-state index contributed by atoms with van der Waals surface area (Å²) in [7, 11) is -3.68. The second kappa shape index (κ2) is 8.75. The molecule has 8 heteroatoms. The maximum Gasteiger partial charge on any atom is 0.263 e. The van der Waals surface area contributed by atoms with Gasteiger partial charge >= 0.3 is 0 Å². The molecule has 1 amide bonds. The Bertz CT molecular complexity index is 1120. The summed E-state index contributed by atoms with van der Waals surface area (Å²) in [5.74, 6) is -0.103. The minimum atomic E-state index is -3.68. The number of carbonyl (C=O) groups is 1. The SMILES string of the molecule is Cc1ccc(S(=O)(=O)Nc2nc(CCC(=O)Nc3cc(C)ccc3C)cs2)cc1. The van der Waals surface area contributed by atoms with Crippen molar-refractivity contribution < 1.29 is 13.2 Å². The summed E-state index contributed by atoms with van der Waals surface area (Å²) in [6.07, 6.45) is 0.695. The fraction of sp³-hybridized carbons (Fsp3) is 0.238. The van der Waals surface area contributed by atoms with Crippen LogP contribution in [0.15, 0.2) is 52.7 Å². The van der Waals surface area contributed by atoms with Crippen molar-refractivity contribution >= 4 is 38.1 Å². The number of nitrogens with one attached hydrogen (secondary N) is 2. The fourth-order valence-electron chi connectivity index (χ4n) is 2.68. The average molecular weight is 430 g/mol. The molecule has 152 valence electrons. The van der Waals surface area contributed by atoms with Gasteiger partial charge in [-0.3, -0.25) is 9.52 Å². The Labute approximate surface area is 175 Å². The molecule has 0 bridgehead atoms. The Kier molecular flexibility index (Phi) is 6.34. The molecule has 0 saturated heterocycles. The molecule has 3 aromatic rings. The van der Waals surface area contributed by atoms with Gasteiger partial charge in [-0.2, -0.15) is 0 Å². The van der Waals surface area contributed by atoms with Crippen LogP contribution in [0.1, 0.15) is 28.8 Å². The molecule has 0 unspecified atom stereocenters. The van der Waals surface area contributed by atoms with E-state index in [0.29, 0.717) is 12.1 Å². The fourth-order valence-corrected chi connectivity index (χ4v) is 4.68. The van der Waals surface area contributed by atoms with Crippen molar-refractivity contribution in [3.8, 4) is 0 Å². The maximum atomic E-state index is 12.4. The number of hydrogen-bond acceptors (Lipinski definition) is 5. The molecule has 0 aliphatic heterocycles. The summed E-state index contributed by atoms with van der Waals surface area (Å²) in [6, 6.07) is 12.5. The van der Waals surface area contributed by atoms with Gasteiger partial charge in [-0.1, -0.05) is 29.8 Å². The molecule has 3 rings (SSSR count). The van der Waals surface area contributed by atoms with Gasteiger partial charge in [0, 0.05) is 17.5 Å². The Balaban J connectivity index is 1.58. The van der Waals surface area contributed by atoms with Gasteiger partial charge in [0.25, 0.3) is 10.0 Å². The molecule has 29 heavy (non-hydrogen) atoms. The molecule has 2 aromatic carbocycles. The van der Waals surface area contributed by atoms with Gasteiger partial charge in [0.2, 0.25) is 5.91 Å². The number of benzene rings is 2. The summed E-state index contributed by atoms with van der Waals surface area (Å²) in [4.78, 5) is 16.7. The molecule has 1 aromatic heterocycles. The zero-order valence-electron chi connectivity index (χ0n) is 16.5. The highest BCUT2D eigenvalue weighted by Gasteiger charge is 2.16. The first-order chi connectivity index (χ1) is 13.7. The van der Waals surface area contributed by atoms with Gasteiger partial charge < -0.3 is 5.32 Å². The molecule has 2 N–H and O–H groups in total. The third-order valence-corrected chi connectivity index (χ3v) is 6.67. The summed E-state index contributed by atoms with van der Waals surface area (Å²) in [6.45, 7) is 5.82. The minimum Gasteiger partial charge on any atom is -0.326 e. The lowest BCUT2D eigenvalue weighted by Gasteiger charge is -2.09. The molecule has 6 nitrogen and oxygen atoms in total. The molecule has 0 aliphatic carbocycles. The van der Waals surface area contributed by atoms with Crippen LogP contribution in [-0.2, 0) is 21.2 Å². The number of anilines is 2. The van der Waals surface area contributed by atoms with Crippen LogP contribution < -0.4 is 10.0 Å². The van der Waals surface area contributed by atoms with E-state index >= 15 is 0 Å². The predicted molar refractivity (Wildman–Crippen MR) is 117 cm³/mol. The van der Waals surface area contributed by atoms with Crippen LogP contribution >= 0.6 is 11.3 Å². The van der Waals surface area contributed by atoms with Crippen molar-refractivity contribution in [1.82, 2.24) is 4.98 Å². The van der Waals surface area contributed by atoms with E-state index < -0.39 is 10.0 Å². The van der Waals surface area contributed by atoms with Crippen molar-refractivity contribution in [1.29, 1.82) is 0 Å². The summed E-state index contributed by atoms with van der Waals surface area (Å²) in [5.41, 5.74) is 4.55. The molecule has 0 saturated carbocycles. The maximum absolute atomic E-state index is 12.4. The third kappa shape index (κ3) is 5.65. The summed E-state index contributed by atoms with van der Waals surface area (Å²) >= 11 is 1.20. The van der Waals surface area contributed by atoms with Gasteiger partial charge in [-0.05, 0) is 56.5 Å². The van der Waals surface area contributed by atoms with Crippen LogP contribution in [0, 0.1) is 20.8 Å². The van der Waals surface area contributed by atoms with Gasteiger partial charge in [-0.25, -0.2) is 13.4 Å². The monoisotopic (exact) mass is 429 g/mol. The third-order valence-electron chi connectivity index (χ3n) is 4.38. The van der Waals surface area contributed by atoms with E-state index in [9.17, 15) is 13.2 Å². The van der Waals surface area contributed by atoms with Crippen LogP contribution in [0.5, 0.6) is 0 Å². The first-order valence-corrected chi connectivity index (χ1v) is 11.5. The Morgan fingerprint density at radius 1 is 1.03 bits per heavy atom. The second-order valence-electron chi connectivity index (χ2n) is 6.93. The molecule has 0 spiro atoms. The number of thiazole rings is 1. The van der Waals surface area contributed by atoms with Crippen molar-refractivity contribution in [2.45, 2.75) is 38.5 Å². The first-order valence-electron chi connectivity index (χ1n) is 9.14. The van der Waals surface area contributed by atoms with E-state index in [1.165, 1.54) is 11.3 Å². The molecule has 1 heterocycles. The highest BCUT2D eigenvalue weighted by Crippen LogP contribution is 2.22. The van der Waals surface area contributed by atoms with Crippen LogP contribution in [0.4, 0.5) is 10.8 Å². The van der Waals surface area contributed by atoms with Gasteiger partial charge in [-0.15, -0.1) is 11.3 Å². The normalized spacial score (nSPS) is 11.3. The molecular formula is C21H23N3O3S2. The first kappa shape index (κ1) is 21.0. The summed E-state index contributed by atoms with van der Waals surface area (Å²) < 4.78 is 27.4. The molecule has 0 atom stereocenters. The zero-order chi connectivity index (χ0) is 21.0. The summed E-state index contributed by atoms with van der Waals surface area (Å²) in [5, 5.41) is 4.97. The van der Waals surface area contributed by atoms with Crippen LogP contribution in [0.2, 0.25) is 0 Å². The quantitative estimate of drug-likeness (QED) is 0.581. The topological polar surface area (TPSA) is 88.2 Å². The van der Waals surface area contributed by atoms with Crippen molar-refractivity contribution in [2.24, 2.45) is 0 Å². The molecule has 0 aliphatic rings. The van der Waals surface area contributed by atoms with Gasteiger partial charge in [0.15, 0.2) is 5.13 Å². The van der Waals surface area contributed by atoms with E-state index in [1.54, 1.807) is 29.6 Å². The van der Waals surface area contributed by atoms with Crippen LogP contribution in [-0.4, -0.2) is 19.3 Å². The number of aryl methyl sites for hydroxylation is 4. The van der Waals surface area contributed by atoms with Crippen LogP contribution in [0.25, 0.3) is 0 Å². The molecule has 0 fully saturated rings. The van der Waals surface area contributed by atoms with E-state index in [1.807, 2.05) is 39.0 Å². The number of nitrogens with zero attached hydrogens (tertiary/aromatic N) is 1. The second-order valence-corrected chi connectivity index (χ2v) is 9.47. The minimum absolute atomic E-state index is 0.103. The van der Waals surface area contributed by atoms with Crippen LogP contribution in [0.3, 0.4) is 0 Å². The number of amides is 1. The molecule has 0 radical (unpaired) electrons. The van der Waals surface area contributed by atoms with E-state index in [2.05, 4.69) is 15.0 Å². The van der Waals surface area contributed by atoms with Crippen molar-refractivity contribution in [2.75, 3.05) is 10.0 Å². The van der Waals surface area contributed by atoms with E-state index in [4.69, 9.17) is 0 Å². The smallest absolute Gasteiger partial charge is 0.263 e. The lowest BCUT2D eigenvalue weighted by Crippen LogP contribution is -2.14. The lowest BCUT2D eigenvalue weighted by atomic mass is 10.1.